The van der Waals surface area contributed by atoms with Crippen molar-refractivity contribution < 1.29 is 0 Å². The topological polar surface area (TPSA) is 30.7 Å². The Kier molecular flexibility index (Phi) is 6.18. The minimum absolute atomic E-state index is 0.719. The van der Waals surface area contributed by atoms with E-state index in [0.29, 0.717) is 0 Å². The van der Waals surface area contributed by atoms with Gasteiger partial charge in [-0.05, 0) is 0 Å². The van der Waals surface area contributed by atoms with Crippen LogP contribution in [-0.2, 0) is 0 Å². The fraction of sp³-hybridized carbons (Fsp3) is 0. The predicted octanol–water partition coefficient (Wildman–Crippen LogP) is 7.32. The van der Waals surface area contributed by atoms with Crippen molar-refractivity contribution in [3.63, 3.8) is 0 Å². The molecule has 3 nitrogen and oxygen atoms in total. The summed E-state index contributed by atoms with van der Waals surface area (Å²) < 4.78 is 9.89. The van der Waals surface area contributed by atoms with E-state index in [1.165, 1.54) is 43.3 Å². The van der Waals surface area contributed by atoms with Crippen molar-refractivity contribution in [3.05, 3.63) is 164 Å². The summed E-state index contributed by atoms with van der Waals surface area (Å²) >= 11 is -1.92. The van der Waals surface area contributed by atoms with Crippen molar-refractivity contribution in [3.8, 4) is 5.95 Å². The van der Waals surface area contributed by atoms with Crippen LogP contribution in [0.5, 0.6) is 0 Å². The van der Waals surface area contributed by atoms with Crippen LogP contribution in [0.1, 0.15) is 0 Å². The number of aromatic nitrogens is 3. The van der Waals surface area contributed by atoms with Crippen LogP contribution in [0.2, 0.25) is 0 Å². The maximum atomic E-state index is 5.79. The van der Waals surface area contributed by atoms with E-state index < -0.39 is 13.3 Å². The summed E-state index contributed by atoms with van der Waals surface area (Å²) in [5, 5.41) is 3.58. The summed E-state index contributed by atoms with van der Waals surface area (Å²) in [4.78, 5) is 11.2. The number of rotatable bonds is 5. The molecule has 3 aromatic heterocycles. The summed E-state index contributed by atoms with van der Waals surface area (Å²) in [5.74, 6) is 0.719. The number of thiophene rings is 1. The van der Waals surface area contributed by atoms with Crippen LogP contribution in [0.25, 0.3) is 48.1 Å². The van der Waals surface area contributed by atoms with Crippen molar-refractivity contribution in [2.45, 2.75) is 0 Å². The summed E-state index contributed by atoms with van der Waals surface area (Å²) in [6, 6.07) is 59.2. The van der Waals surface area contributed by atoms with E-state index in [4.69, 9.17) is 9.97 Å². The van der Waals surface area contributed by atoms with E-state index in [2.05, 4.69) is 168 Å². The third-order valence-electron chi connectivity index (χ3n) is 8.96. The minimum atomic E-state index is -3.75. The molecule has 6 aromatic carbocycles. The van der Waals surface area contributed by atoms with Crippen molar-refractivity contribution in [2.24, 2.45) is 0 Å². The zero-order chi connectivity index (χ0) is 29.8. The molecule has 9 aromatic rings. The van der Waals surface area contributed by atoms with Crippen LogP contribution in [0, 0.1) is 0 Å². The van der Waals surface area contributed by atoms with Gasteiger partial charge in [0.2, 0.25) is 0 Å². The standard InChI is InChI=1S/C40H27GeN3S/c1-4-16-28(17-5-1)41(29-18-6-2-7-19-29,30-20-8-3-9-21-30)39-38-37(33-24-12-15-27-36(33)45-38)42-40(43-39)44-34-25-13-10-22-31(34)32-23-11-14-26-35(32)44/h1-27H. The molecule has 0 unspecified atom stereocenters. The molecule has 0 aliphatic rings. The Hall–Kier alpha value is -5.04. The molecule has 9 rings (SSSR count). The zero-order valence-electron chi connectivity index (χ0n) is 24.3. The molecule has 0 saturated heterocycles. The first-order chi connectivity index (χ1) is 22.3. The quantitative estimate of drug-likeness (QED) is 0.182. The second-order valence-corrected chi connectivity index (χ2v) is 20.2. The molecule has 0 spiro atoms. The van der Waals surface area contributed by atoms with Gasteiger partial charge < -0.3 is 0 Å². The number of hydrogen-bond acceptors (Lipinski definition) is 3. The average molecular weight is 654 g/mol. The third kappa shape index (κ3) is 3.96. The second-order valence-electron chi connectivity index (χ2n) is 11.4. The molecule has 0 aliphatic heterocycles. The molecular formula is C40H27GeN3S. The fourth-order valence-corrected chi connectivity index (χ4v) is 18.9. The van der Waals surface area contributed by atoms with E-state index in [0.717, 1.165) is 22.5 Å². The van der Waals surface area contributed by atoms with Crippen molar-refractivity contribution in [1.82, 2.24) is 14.5 Å². The van der Waals surface area contributed by atoms with Crippen molar-refractivity contribution in [1.29, 1.82) is 0 Å². The van der Waals surface area contributed by atoms with E-state index in [1.807, 2.05) is 11.3 Å². The average Bonchev–Trinajstić information content (AvgIpc) is 3.66. The first-order valence-corrected chi connectivity index (χ1v) is 20.2. The van der Waals surface area contributed by atoms with E-state index in [1.54, 1.807) is 0 Å². The first kappa shape index (κ1) is 26.4. The monoisotopic (exact) mass is 655 g/mol. The second kappa shape index (κ2) is 10.5. The van der Waals surface area contributed by atoms with Gasteiger partial charge in [-0.1, -0.05) is 0 Å². The van der Waals surface area contributed by atoms with Gasteiger partial charge in [-0.2, -0.15) is 0 Å². The summed E-state index contributed by atoms with van der Waals surface area (Å²) in [5.41, 5.74) is 3.25. The van der Waals surface area contributed by atoms with Gasteiger partial charge in [0.05, 0.1) is 0 Å². The van der Waals surface area contributed by atoms with Gasteiger partial charge >= 0.3 is 269 Å². The van der Waals surface area contributed by atoms with E-state index in [-0.39, 0.29) is 0 Å². The predicted molar refractivity (Wildman–Crippen MR) is 193 cm³/mol. The van der Waals surface area contributed by atoms with Gasteiger partial charge in [0.1, 0.15) is 0 Å². The number of fused-ring (bicyclic) bond motifs is 6. The van der Waals surface area contributed by atoms with Crippen LogP contribution < -0.4 is 17.7 Å². The van der Waals surface area contributed by atoms with Crippen molar-refractivity contribution in [2.75, 3.05) is 0 Å². The van der Waals surface area contributed by atoms with E-state index in [9.17, 15) is 0 Å². The molecule has 5 heteroatoms. The molecule has 45 heavy (non-hydrogen) atoms. The van der Waals surface area contributed by atoms with Gasteiger partial charge in [0, 0.05) is 0 Å². The van der Waals surface area contributed by atoms with E-state index >= 15 is 0 Å². The van der Waals surface area contributed by atoms with Crippen LogP contribution in [0.3, 0.4) is 0 Å². The Balaban J connectivity index is 1.52. The first-order valence-electron chi connectivity index (χ1n) is 15.2. The Morgan fingerprint density at radius 1 is 0.444 bits per heavy atom. The van der Waals surface area contributed by atoms with Crippen LogP contribution in [-0.4, -0.2) is 27.8 Å². The number of nitrogens with zero attached hydrogens (tertiary/aromatic N) is 3. The Labute approximate surface area is 267 Å². The Bertz CT molecular complexity index is 2340. The molecule has 0 fully saturated rings. The molecular weight excluding hydrogens is 627 g/mol. The summed E-state index contributed by atoms with van der Waals surface area (Å²) in [7, 11) is 0. The Morgan fingerprint density at radius 3 is 1.42 bits per heavy atom. The summed E-state index contributed by atoms with van der Waals surface area (Å²) in [6.45, 7) is 0. The molecule has 0 amide bonds. The SMILES string of the molecule is c1cc[c]([Ge]([c]2ccccc2)([c]2ccccc2)[c]2nc(-n3c4ccccc4c4ccccc43)nc3c2sc2ccccc23)cc1. The Morgan fingerprint density at radius 2 is 0.889 bits per heavy atom. The zero-order valence-corrected chi connectivity index (χ0v) is 27.3. The number of benzene rings is 6. The van der Waals surface area contributed by atoms with Crippen LogP contribution >= 0.6 is 11.3 Å². The van der Waals surface area contributed by atoms with Crippen LogP contribution in [0.4, 0.5) is 0 Å². The molecule has 212 valence electrons. The van der Waals surface area contributed by atoms with Gasteiger partial charge in [-0.15, -0.1) is 0 Å². The van der Waals surface area contributed by atoms with Crippen molar-refractivity contribution >= 4 is 84.4 Å². The molecule has 0 bridgehead atoms. The number of para-hydroxylation sites is 2. The van der Waals surface area contributed by atoms with Gasteiger partial charge in [0.15, 0.2) is 0 Å². The molecule has 0 atom stereocenters. The molecule has 0 saturated carbocycles. The third-order valence-corrected chi connectivity index (χ3v) is 20.3. The van der Waals surface area contributed by atoms with Gasteiger partial charge in [-0.25, -0.2) is 0 Å². The molecule has 3 heterocycles. The molecule has 0 radical (unpaired) electrons. The fourth-order valence-electron chi connectivity index (χ4n) is 7.05. The molecule has 0 N–H and O–H groups in total. The number of hydrogen-bond donors (Lipinski definition) is 0. The van der Waals surface area contributed by atoms with Crippen LogP contribution in [0.15, 0.2) is 164 Å². The van der Waals surface area contributed by atoms with Gasteiger partial charge in [0.25, 0.3) is 0 Å². The molecule has 0 aliphatic carbocycles. The van der Waals surface area contributed by atoms with Gasteiger partial charge in [-0.3, -0.25) is 0 Å². The normalized spacial score (nSPS) is 12.0. The summed E-state index contributed by atoms with van der Waals surface area (Å²) in [6.07, 6.45) is 0. The maximum absolute atomic E-state index is 5.79.